The topological polar surface area (TPSA) is 110 Å². The van der Waals surface area contributed by atoms with E-state index >= 15 is 0 Å². The number of methoxy groups -OCH3 is 1. The molecule has 0 bridgehead atoms. The van der Waals surface area contributed by atoms with Crippen molar-refractivity contribution in [2.75, 3.05) is 17.7 Å². The van der Waals surface area contributed by atoms with Crippen LogP contribution < -0.4 is 20.7 Å². The predicted molar refractivity (Wildman–Crippen MR) is 196 cm³/mol. The van der Waals surface area contributed by atoms with E-state index in [0.29, 0.717) is 28.5 Å². The molecule has 6 aromatic rings. The average Bonchev–Trinajstić information content (AvgIpc) is 3.61. The Labute approximate surface area is 288 Å². The lowest BCUT2D eigenvalue weighted by Crippen LogP contribution is -2.30. The van der Waals surface area contributed by atoms with Crippen molar-refractivity contribution in [3.63, 3.8) is 0 Å². The van der Waals surface area contributed by atoms with E-state index in [1.807, 2.05) is 91.9 Å². The lowest BCUT2D eigenvalue weighted by Gasteiger charge is -2.14. The molecule has 49 heavy (non-hydrogen) atoms. The van der Waals surface area contributed by atoms with Crippen molar-refractivity contribution in [1.29, 1.82) is 0 Å². The number of benzene rings is 5. The second-order valence-corrected chi connectivity index (χ2v) is 12.4. The van der Waals surface area contributed by atoms with Gasteiger partial charge >= 0.3 is 0 Å². The number of thioether (sulfide) groups is 1. The fourth-order valence-electron chi connectivity index (χ4n) is 5.15. The Bertz CT molecular complexity index is 2140. The minimum Gasteiger partial charge on any atom is -0.496 e. The van der Waals surface area contributed by atoms with Crippen LogP contribution in [-0.4, -0.2) is 30.1 Å². The van der Waals surface area contributed by atoms with E-state index in [-0.39, 0.29) is 16.9 Å². The second kappa shape index (κ2) is 15.2. The number of furan rings is 1. The van der Waals surface area contributed by atoms with Crippen LogP contribution in [-0.2, 0) is 9.59 Å². The number of anilines is 2. The molecule has 1 atom stereocenters. The molecule has 6 rings (SSSR count). The molecular weight excluding hydrogens is 635 g/mol. The normalized spacial score (nSPS) is 11.8. The van der Waals surface area contributed by atoms with Gasteiger partial charge in [-0.2, -0.15) is 0 Å². The van der Waals surface area contributed by atoms with Crippen molar-refractivity contribution in [2.45, 2.75) is 17.1 Å². The number of rotatable bonds is 11. The molecule has 3 amide bonds. The van der Waals surface area contributed by atoms with Gasteiger partial charge in [0.1, 0.15) is 23.0 Å². The summed E-state index contributed by atoms with van der Waals surface area (Å²) >= 11 is 1.41. The summed E-state index contributed by atoms with van der Waals surface area (Å²) in [7, 11) is 1.58. The Balaban J connectivity index is 1.15. The highest BCUT2D eigenvalue weighted by Gasteiger charge is 2.18. The van der Waals surface area contributed by atoms with Gasteiger partial charge in [-0.3, -0.25) is 14.4 Å². The summed E-state index contributed by atoms with van der Waals surface area (Å²) in [5.41, 5.74) is 2.42. The highest BCUT2D eigenvalue weighted by Crippen LogP contribution is 2.32. The molecular formula is C40H33N3O5S. The van der Waals surface area contributed by atoms with Gasteiger partial charge in [0.2, 0.25) is 5.91 Å². The summed E-state index contributed by atoms with van der Waals surface area (Å²) in [5, 5.41) is 10.3. The van der Waals surface area contributed by atoms with Crippen molar-refractivity contribution in [3.8, 4) is 17.1 Å². The van der Waals surface area contributed by atoms with Gasteiger partial charge in [0.15, 0.2) is 0 Å². The number of hydrogen-bond acceptors (Lipinski definition) is 6. The van der Waals surface area contributed by atoms with E-state index in [0.717, 1.165) is 26.9 Å². The standard InChI is InChI=1S/C40H33N3O5S/c1-26(38(44)42-34-17-10-14-27-11-6-7-15-32(27)34)49-31-22-19-29(20-23-31)41-40(46)35(43-39(45)28-12-4-3-5-13-28)25-30-21-24-37(48-30)33-16-8-9-18-36(33)47-2/h3-26H,1-2H3,(H,41,46)(H,42,44)(H,43,45)/b35-25-/t26-/m1/s1. The smallest absolute Gasteiger partial charge is 0.272 e. The van der Waals surface area contributed by atoms with Gasteiger partial charge in [-0.1, -0.05) is 66.7 Å². The number of amides is 3. The number of hydrogen-bond donors (Lipinski definition) is 3. The third-order valence-electron chi connectivity index (χ3n) is 7.66. The summed E-state index contributed by atoms with van der Waals surface area (Å²) in [4.78, 5) is 40.6. The highest BCUT2D eigenvalue weighted by atomic mass is 32.2. The zero-order valence-corrected chi connectivity index (χ0v) is 27.6. The SMILES string of the molecule is COc1ccccc1-c1ccc(/C=C(\NC(=O)c2ccccc2)C(=O)Nc2ccc(S[C@H](C)C(=O)Nc3cccc4ccccc34)cc2)o1. The quantitative estimate of drug-likeness (QED) is 0.0943. The fourth-order valence-corrected chi connectivity index (χ4v) is 6.02. The largest absolute Gasteiger partial charge is 0.496 e. The van der Waals surface area contributed by atoms with Crippen LogP contribution in [0.25, 0.3) is 28.2 Å². The maximum absolute atomic E-state index is 13.6. The number of nitrogens with one attached hydrogen (secondary N) is 3. The first kappa shape index (κ1) is 32.9. The van der Waals surface area contributed by atoms with Gasteiger partial charge in [0.25, 0.3) is 11.8 Å². The molecule has 0 aliphatic rings. The summed E-state index contributed by atoms with van der Waals surface area (Å²) in [6, 6.07) is 40.5. The van der Waals surface area contributed by atoms with Gasteiger partial charge in [-0.15, -0.1) is 11.8 Å². The van der Waals surface area contributed by atoms with Crippen LogP contribution in [0.2, 0.25) is 0 Å². The van der Waals surface area contributed by atoms with E-state index in [2.05, 4.69) is 16.0 Å². The first-order valence-electron chi connectivity index (χ1n) is 15.6. The Morgan fingerprint density at radius 1 is 0.755 bits per heavy atom. The minimum absolute atomic E-state index is 0.00744. The van der Waals surface area contributed by atoms with Crippen molar-refractivity contribution in [1.82, 2.24) is 5.32 Å². The minimum atomic E-state index is -0.539. The molecule has 0 spiro atoms. The fraction of sp³-hybridized carbons (Fsp3) is 0.0750. The molecule has 9 heteroatoms. The summed E-state index contributed by atoms with van der Waals surface area (Å²) < 4.78 is 11.5. The first-order valence-corrected chi connectivity index (χ1v) is 16.4. The Hall–Kier alpha value is -6.06. The molecule has 0 aliphatic carbocycles. The van der Waals surface area contributed by atoms with E-state index in [1.54, 1.807) is 55.6 Å². The van der Waals surface area contributed by atoms with Crippen LogP contribution in [0.4, 0.5) is 11.4 Å². The Kier molecular flexibility index (Phi) is 10.2. The number of fused-ring (bicyclic) bond motifs is 1. The van der Waals surface area contributed by atoms with Gasteiger partial charge in [0, 0.05) is 33.3 Å². The van der Waals surface area contributed by atoms with Crippen molar-refractivity contribution in [2.24, 2.45) is 0 Å². The Morgan fingerprint density at radius 3 is 2.27 bits per heavy atom. The molecule has 244 valence electrons. The van der Waals surface area contributed by atoms with E-state index in [9.17, 15) is 14.4 Å². The number of ether oxygens (including phenoxy) is 1. The van der Waals surface area contributed by atoms with Gasteiger partial charge in [-0.05, 0) is 79.0 Å². The summed E-state index contributed by atoms with van der Waals surface area (Å²) in [6.45, 7) is 1.85. The zero-order valence-electron chi connectivity index (χ0n) is 26.8. The summed E-state index contributed by atoms with van der Waals surface area (Å²) in [5.74, 6) is 0.454. The van der Waals surface area contributed by atoms with E-state index < -0.39 is 11.8 Å². The van der Waals surface area contributed by atoms with Crippen LogP contribution in [0.5, 0.6) is 5.75 Å². The lowest BCUT2D eigenvalue weighted by molar-refractivity contribution is -0.115. The molecule has 0 aliphatic heterocycles. The average molecular weight is 668 g/mol. The third kappa shape index (κ3) is 8.09. The van der Waals surface area contributed by atoms with Crippen LogP contribution in [0, 0.1) is 0 Å². The molecule has 8 nitrogen and oxygen atoms in total. The molecule has 0 unspecified atom stereocenters. The maximum atomic E-state index is 13.6. The molecule has 0 saturated heterocycles. The molecule has 1 heterocycles. The molecule has 0 fully saturated rings. The number of para-hydroxylation sites is 1. The highest BCUT2D eigenvalue weighted by molar-refractivity contribution is 8.00. The van der Waals surface area contributed by atoms with Crippen LogP contribution in [0.1, 0.15) is 23.0 Å². The molecule has 1 aromatic heterocycles. The van der Waals surface area contributed by atoms with Crippen LogP contribution in [0.15, 0.2) is 148 Å². The maximum Gasteiger partial charge on any atom is 0.272 e. The van der Waals surface area contributed by atoms with Crippen LogP contribution in [0.3, 0.4) is 0 Å². The Morgan fingerprint density at radius 2 is 1.47 bits per heavy atom. The zero-order chi connectivity index (χ0) is 34.2. The van der Waals surface area contributed by atoms with E-state index in [4.69, 9.17) is 9.15 Å². The molecule has 3 N–H and O–H groups in total. The number of carbonyl (C=O) groups is 3. The van der Waals surface area contributed by atoms with Crippen molar-refractivity contribution in [3.05, 3.63) is 150 Å². The first-order chi connectivity index (χ1) is 23.9. The third-order valence-corrected chi connectivity index (χ3v) is 8.77. The molecule has 5 aromatic carbocycles. The predicted octanol–water partition coefficient (Wildman–Crippen LogP) is 8.64. The van der Waals surface area contributed by atoms with Gasteiger partial charge in [0.05, 0.1) is 17.9 Å². The summed E-state index contributed by atoms with van der Waals surface area (Å²) in [6.07, 6.45) is 1.48. The van der Waals surface area contributed by atoms with E-state index in [1.165, 1.54) is 17.8 Å². The monoisotopic (exact) mass is 667 g/mol. The molecule has 0 radical (unpaired) electrons. The van der Waals surface area contributed by atoms with Crippen molar-refractivity contribution < 1.29 is 23.5 Å². The second-order valence-electron chi connectivity index (χ2n) is 11.0. The lowest BCUT2D eigenvalue weighted by atomic mass is 10.1. The van der Waals surface area contributed by atoms with Gasteiger partial charge in [-0.25, -0.2) is 0 Å². The van der Waals surface area contributed by atoms with Gasteiger partial charge < -0.3 is 25.1 Å². The van der Waals surface area contributed by atoms with Crippen LogP contribution >= 0.6 is 11.8 Å². The molecule has 0 saturated carbocycles. The van der Waals surface area contributed by atoms with Crippen molar-refractivity contribution >= 4 is 57.7 Å². The number of carbonyl (C=O) groups excluding carboxylic acids is 3.